The van der Waals surface area contributed by atoms with Crippen molar-refractivity contribution in [2.24, 2.45) is 0 Å². The fourth-order valence-corrected chi connectivity index (χ4v) is 1.90. The number of halogens is 1. The Labute approximate surface area is 110 Å². The predicted octanol–water partition coefficient (Wildman–Crippen LogP) is 1.33. The second-order valence-electron chi connectivity index (χ2n) is 3.27. The molecule has 1 rings (SSSR count). The van der Waals surface area contributed by atoms with Gasteiger partial charge in [-0.3, -0.25) is 4.31 Å². The number of thiol groups is 1. The molecule has 94 valence electrons. The van der Waals surface area contributed by atoms with Crippen LogP contribution in [0.4, 0.5) is 5.69 Å². The Morgan fingerprint density at radius 2 is 2.06 bits per heavy atom. The normalized spacial score (nSPS) is 10.4. The molecule has 5 nitrogen and oxygen atoms in total. The first-order chi connectivity index (χ1) is 7.99. The lowest BCUT2D eigenvalue weighted by atomic mass is 10.1. The van der Waals surface area contributed by atoms with Crippen molar-refractivity contribution in [3.63, 3.8) is 0 Å². The summed E-state index contributed by atoms with van der Waals surface area (Å²) in [6.45, 7) is 0. The van der Waals surface area contributed by atoms with Crippen molar-refractivity contribution in [2.45, 2.75) is 5.33 Å². The highest BCUT2D eigenvalue weighted by Crippen LogP contribution is 2.20. The summed E-state index contributed by atoms with van der Waals surface area (Å²) in [6.07, 6.45) is 0. The van der Waals surface area contributed by atoms with Crippen LogP contribution in [0.3, 0.4) is 0 Å². The first-order valence-electron chi connectivity index (χ1n) is 4.66. The molecular formula is C10H12BrNO4S. The van der Waals surface area contributed by atoms with E-state index in [2.05, 4.69) is 20.7 Å². The molecule has 0 amide bonds. The molecule has 0 N–H and O–H groups in total. The molecule has 0 radical (unpaired) electrons. The van der Waals surface area contributed by atoms with Gasteiger partial charge in [0.15, 0.2) is 0 Å². The highest BCUT2D eigenvalue weighted by Gasteiger charge is 2.11. The average Bonchev–Trinajstić information content (AvgIpc) is 2.35. The van der Waals surface area contributed by atoms with Crippen LogP contribution in [0.25, 0.3) is 0 Å². The number of esters is 1. The van der Waals surface area contributed by atoms with E-state index < -0.39 is 16.9 Å². The van der Waals surface area contributed by atoms with Gasteiger partial charge >= 0.3 is 5.97 Å². The zero-order valence-electron chi connectivity index (χ0n) is 9.34. The van der Waals surface area contributed by atoms with E-state index in [0.717, 1.165) is 9.87 Å². The van der Waals surface area contributed by atoms with E-state index >= 15 is 0 Å². The molecule has 0 saturated heterocycles. The zero-order valence-corrected chi connectivity index (χ0v) is 11.8. The van der Waals surface area contributed by atoms with Gasteiger partial charge in [-0.05, 0) is 23.8 Å². The van der Waals surface area contributed by atoms with Crippen molar-refractivity contribution >= 4 is 38.5 Å². The maximum atomic E-state index is 11.4. The maximum absolute atomic E-state index is 11.4. The van der Waals surface area contributed by atoms with Crippen LogP contribution >= 0.6 is 15.9 Å². The van der Waals surface area contributed by atoms with E-state index in [0.29, 0.717) is 16.6 Å². The smallest absolute Gasteiger partial charge is 0.337 e. The molecule has 0 spiro atoms. The monoisotopic (exact) mass is 321 g/mol. The van der Waals surface area contributed by atoms with Crippen LogP contribution in [0.1, 0.15) is 15.9 Å². The fourth-order valence-electron chi connectivity index (χ4n) is 1.27. The first kappa shape index (κ1) is 14.0. The van der Waals surface area contributed by atoms with Crippen LogP contribution in [0.2, 0.25) is 0 Å². The lowest BCUT2D eigenvalue weighted by Gasteiger charge is -2.13. The first-order valence-corrected chi connectivity index (χ1v) is 6.91. The molecule has 0 heterocycles. The van der Waals surface area contributed by atoms with E-state index in [9.17, 15) is 13.2 Å². The van der Waals surface area contributed by atoms with Gasteiger partial charge in [0, 0.05) is 12.4 Å². The molecule has 1 aromatic carbocycles. The Morgan fingerprint density at radius 3 is 2.53 bits per heavy atom. The Bertz CT molecular complexity index is 493. The second-order valence-corrected chi connectivity index (χ2v) is 4.91. The van der Waals surface area contributed by atoms with Crippen molar-refractivity contribution in [1.82, 2.24) is 0 Å². The largest absolute Gasteiger partial charge is 0.465 e. The summed E-state index contributed by atoms with van der Waals surface area (Å²) in [7, 11) is -0.0302. The van der Waals surface area contributed by atoms with Crippen molar-refractivity contribution in [1.29, 1.82) is 0 Å². The predicted molar refractivity (Wildman–Crippen MR) is 69.1 cm³/mol. The number of ether oxygens (including phenoxy) is 1. The molecule has 0 saturated carbocycles. The van der Waals surface area contributed by atoms with E-state index in [1.807, 2.05) is 0 Å². The quantitative estimate of drug-likeness (QED) is 0.516. The van der Waals surface area contributed by atoms with E-state index in [-0.39, 0.29) is 0 Å². The topological polar surface area (TPSA) is 63.7 Å². The SMILES string of the molecule is COC(=O)c1cc(CBr)cc(N(C)[SH](=O)=O)c1. The molecule has 0 fully saturated rings. The van der Waals surface area contributed by atoms with Gasteiger partial charge in [-0.1, -0.05) is 15.9 Å². The molecule has 7 heteroatoms. The highest BCUT2D eigenvalue weighted by molar-refractivity contribution is 9.08. The number of nitrogens with zero attached hydrogens (tertiary/aromatic N) is 1. The number of benzene rings is 1. The van der Waals surface area contributed by atoms with Gasteiger partial charge in [-0.2, -0.15) is 0 Å². The third kappa shape index (κ3) is 3.44. The van der Waals surface area contributed by atoms with Crippen LogP contribution in [0.15, 0.2) is 18.2 Å². The number of carbonyl (C=O) groups is 1. The van der Waals surface area contributed by atoms with E-state index in [1.54, 1.807) is 12.1 Å². The third-order valence-corrected chi connectivity index (χ3v) is 3.54. The summed E-state index contributed by atoms with van der Waals surface area (Å²) in [5.41, 5.74) is 1.55. The summed E-state index contributed by atoms with van der Waals surface area (Å²) in [6, 6.07) is 4.81. The molecule has 1 aromatic rings. The summed E-state index contributed by atoms with van der Waals surface area (Å²) in [5.74, 6) is -0.497. The Morgan fingerprint density at radius 1 is 1.41 bits per heavy atom. The second kappa shape index (κ2) is 6.02. The molecule has 0 aromatic heterocycles. The van der Waals surface area contributed by atoms with Gasteiger partial charge in [0.05, 0.1) is 18.4 Å². The molecular weight excluding hydrogens is 310 g/mol. The summed E-state index contributed by atoms with van der Waals surface area (Å²) >= 11 is 3.26. The van der Waals surface area contributed by atoms with Gasteiger partial charge in [-0.15, -0.1) is 0 Å². The minimum absolute atomic E-state index is 0.322. The fraction of sp³-hybridized carbons (Fsp3) is 0.300. The van der Waals surface area contributed by atoms with Crippen LogP contribution in [-0.4, -0.2) is 28.5 Å². The van der Waals surface area contributed by atoms with Gasteiger partial charge in [0.1, 0.15) is 0 Å². The number of rotatable bonds is 4. The zero-order chi connectivity index (χ0) is 13.0. The maximum Gasteiger partial charge on any atom is 0.337 e. The van der Waals surface area contributed by atoms with Crippen molar-refractivity contribution in [2.75, 3.05) is 18.5 Å². The lowest BCUT2D eigenvalue weighted by Crippen LogP contribution is -2.15. The Hall–Kier alpha value is -1.08. The summed E-state index contributed by atoms with van der Waals surface area (Å²) in [5, 5.41) is 0.522. The number of methoxy groups -OCH3 is 1. The minimum Gasteiger partial charge on any atom is -0.465 e. The molecule has 0 bridgehead atoms. The molecule has 17 heavy (non-hydrogen) atoms. The summed E-state index contributed by atoms with van der Waals surface area (Å²) < 4.78 is 27.5. The van der Waals surface area contributed by atoms with Crippen LogP contribution in [0, 0.1) is 0 Å². The molecule has 0 aliphatic heterocycles. The molecule has 0 aliphatic carbocycles. The number of hydrogen-bond acceptors (Lipinski definition) is 4. The number of hydrogen-bond donors (Lipinski definition) is 1. The van der Waals surface area contributed by atoms with Gasteiger partial charge < -0.3 is 4.74 Å². The van der Waals surface area contributed by atoms with Crippen molar-refractivity contribution in [3.8, 4) is 0 Å². The van der Waals surface area contributed by atoms with Gasteiger partial charge in [-0.25, -0.2) is 13.2 Å². The van der Waals surface area contributed by atoms with Crippen molar-refractivity contribution < 1.29 is 17.9 Å². The Kier molecular flexibility index (Phi) is 4.95. The van der Waals surface area contributed by atoms with Crippen molar-refractivity contribution in [3.05, 3.63) is 29.3 Å². The minimum atomic E-state index is -2.73. The number of carbonyl (C=O) groups excluding carboxylic acids is 1. The molecule has 0 unspecified atom stereocenters. The van der Waals surface area contributed by atoms with Crippen LogP contribution in [0.5, 0.6) is 0 Å². The number of alkyl halides is 1. The number of anilines is 1. The Balaban J connectivity index is 3.27. The summed E-state index contributed by atoms with van der Waals surface area (Å²) in [4.78, 5) is 11.4. The van der Waals surface area contributed by atoms with Crippen LogP contribution < -0.4 is 4.31 Å². The van der Waals surface area contributed by atoms with Gasteiger partial charge in [0.25, 0.3) is 0 Å². The third-order valence-electron chi connectivity index (χ3n) is 2.17. The van der Waals surface area contributed by atoms with E-state index in [4.69, 9.17) is 0 Å². The lowest BCUT2D eigenvalue weighted by molar-refractivity contribution is 0.0600. The highest BCUT2D eigenvalue weighted by atomic mass is 79.9. The average molecular weight is 322 g/mol. The van der Waals surface area contributed by atoms with Gasteiger partial charge in [0.2, 0.25) is 10.9 Å². The van der Waals surface area contributed by atoms with E-state index in [1.165, 1.54) is 20.2 Å². The van der Waals surface area contributed by atoms with Crippen LogP contribution in [-0.2, 0) is 21.0 Å². The molecule has 0 aliphatic rings. The molecule has 0 atom stereocenters. The standard InChI is InChI=1S/C10H12BrNO4S/c1-12(17(14)15)9-4-7(6-11)3-8(5-9)10(13)16-2/h3-5,17H,6H2,1-2H3.